The second kappa shape index (κ2) is 18.4. The van der Waals surface area contributed by atoms with E-state index in [4.69, 9.17) is 20.6 Å². The fraction of sp³-hybridized carbons (Fsp3) is 0.750. The molecule has 0 saturated heterocycles. The topological polar surface area (TPSA) is 130 Å². The third-order valence-electron chi connectivity index (χ3n) is 1.20. The third kappa shape index (κ3) is 38.7. The zero-order valence-corrected chi connectivity index (χ0v) is 12.1. The van der Waals surface area contributed by atoms with Crippen LogP contribution in [0.3, 0.4) is 0 Å². The molecule has 0 aliphatic rings. The molecule has 0 aromatic carbocycles. The van der Waals surface area contributed by atoms with Gasteiger partial charge in [0.15, 0.2) is 0 Å². The summed E-state index contributed by atoms with van der Waals surface area (Å²) in [6, 6.07) is 0.199. The summed E-state index contributed by atoms with van der Waals surface area (Å²) < 4.78 is 22.3. The smallest absolute Gasteiger partial charge is 0.323 e. The van der Waals surface area contributed by atoms with E-state index in [1.165, 1.54) is 0 Å². The maximum Gasteiger partial charge on any atom is 0.323 e. The first-order chi connectivity index (χ1) is 7.85. The van der Waals surface area contributed by atoms with Crippen molar-refractivity contribution >= 4 is 16.5 Å². The molecule has 0 bridgehead atoms. The van der Waals surface area contributed by atoms with Crippen LogP contribution in [0.5, 0.6) is 0 Å². The maximum atomic E-state index is 9.44. The lowest BCUT2D eigenvalue weighted by atomic mass is 10.2. The predicted molar refractivity (Wildman–Crippen MR) is 69.4 cm³/mol. The molecular weight excluding hydrogens is 268 g/mol. The SMILES string of the molecule is C=CC.CCC(N)CCO.O=[PH](O)O[PH](=O)O. The second-order valence-electron chi connectivity index (χ2n) is 2.72. The van der Waals surface area contributed by atoms with Gasteiger partial charge in [-0.15, -0.1) is 6.58 Å². The Balaban J connectivity index is -0.000000188. The van der Waals surface area contributed by atoms with E-state index < -0.39 is 16.5 Å². The van der Waals surface area contributed by atoms with Gasteiger partial charge in [-0.2, -0.15) is 0 Å². The van der Waals surface area contributed by atoms with E-state index in [0.717, 1.165) is 12.8 Å². The summed E-state index contributed by atoms with van der Waals surface area (Å²) in [5.41, 5.74) is 5.42. The standard InChI is InChI=1S/C5H13NO.C3H6.H4O5P2/c1-2-5(6)3-4-7;1-3-2;1-6(2)5-7(3)4/h5,7H,2-4,6H2,1H3;3H,1H2,2H3;6-7H,(H,1,2)(H,3,4). The van der Waals surface area contributed by atoms with E-state index >= 15 is 0 Å². The molecule has 0 rings (SSSR count). The minimum atomic E-state index is -3.20. The zero-order valence-electron chi connectivity index (χ0n) is 10.1. The van der Waals surface area contributed by atoms with Crippen molar-refractivity contribution in [2.45, 2.75) is 32.7 Å². The Labute approximate surface area is 103 Å². The molecule has 0 aliphatic carbocycles. The minimum absolute atomic E-state index is 0.199. The van der Waals surface area contributed by atoms with Crippen molar-refractivity contribution in [1.82, 2.24) is 0 Å². The van der Waals surface area contributed by atoms with Crippen LogP contribution < -0.4 is 5.73 Å². The number of hydrogen-bond acceptors (Lipinski definition) is 5. The molecule has 0 amide bonds. The fourth-order valence-electron chi connectivity index (χ4n) is 0.445. The first-order valence-electron chi connectivity index (χ1n) is 4.92. The summed E-state index contributed by atoms with van der Waals surface area (Å²) in [5.74, 6) is 0. The van der Waals surface area contributed by atoms with E-state index in [9.17, 15) is 9.13 Å². The number of allylic oxidation sites excluding steroid dienone is 1. The largest absolute Gasteiger partial charge is 0.396 e. The molecule has 0 fully saturated rings. The highest BCUT2D eigenvalue weighted by Crippen LogP contribution is 2.30. The summed E-state index contributed by atoms with van der Waals surface area (Å²) in [4.78, 5) is 15.4. The first kappa shape index (κ1) is 22.2. The Hall–Kier alpha value is -0.0000000000000000763. The normalized spacial score (nSPS) is 14.2. The highest BCUT2D eigenvalue weighted by atomic mass is 31.2. The summed E-state index contributed by atoms with van der Waals surface area (Å²) in [6.45, 7) is 7.48. The fourth-order valence-corrected chi connectivity index (χ4v) is 1.04. The lowest BCUT2D eigenvalue weighted by Gasteiger charge is -2.02. The van der Waals surface area contributed by atoms with Crippen molar-refractivity contribution < 1.29 is 28.3 Å². The van der Waals surface area contributed by atoms with Crippen molar-refractivity contribution in [2.75, 3.05) is 6.61 Å². The predicted octanol–water partition coefficient (Wildman–Crippen LogP) is 1.07. The van der Waals surface area contributed by atoms with Gasteiger partial charge in [0.1, 0.15) is 0 Å². The molecule has 0 aliphatic heterocycles. The van der Waals surface area contributed by atoms with Gasteiger partial charge in [-0.05, 0) is 19.8 Å². The second-order valence-corrected chi connectivity index (χ2v) is 4.60. The molecular formula is C8H23NO6P2. The Morgan fingerprint density at radius 2 is 1.76 bits per heavy atom. The van der Waals surface area contributed by atoms with Gasteiger partial charge >= 0.3 is 16.5 Å². The van der Waals surface area contributed by atoms with Crippen molar-refractivity contribution in [3.63, 3.8) is 0 Å². The molecule has 5 N–H and O–H groups in total. The van der Waals surface area contributed by atoms with Gasteiger partial charge in [-0.3, -0.25) is 9.13 Å². The van der Waals surface area contributed by atoms with Gasteiger partial charge < -0.3 is 20.6 Å². The molecule has 106 valence electrons. The van der Waals surface area contributed by atoms with Crippen molar-refractivity contribution in [2.24, 2.45) is 5.73 Å². The molecule has 17 heavy (non-hydrogen) atoms. The average Bonchev–Trinajstić information content (AvgIpc) is 2.18. The van der Waals surface area contributed by atoms with Crippen LogP contribution in [0.2, 0.25) is 0 Å². The van der Waals surface area contributed by atoms with Crippen molar-refractivity contribution in [1.29, 1.82) is 0 Å². The number of aliphatic hydroxyl groups excluding tert-OH is 1. The van der Waals surface area contributed by atoms with Gasteiger partial charge in [0, 0.05) is 12.6 Å². The van der Waals surface area contributed by atoms with Crippen LogP contribution >= 0.6 is 16.5 Å². The van der Waals surface area contributed by atoms with E-state index in [0.29, 0.717) is 0 Å². The Morgan fingerprint density at radius 1 is 1.41 bits per heavy atom. The van der Waals surface area contributed by atoms with Crippen LogP contribution in [-0.4, -0.2) is 27.5 Å². The monoisotopic (exact) mass is 291 g/mol. The molecule has 0 aromatic rings. The van der Waals surface area contributed by atoms with Crippen molar-refractivity contribution in [3.05, 3.63) is 12.7 Å². The summed E-state index contributed by atoms with van der Waals surface area (Å²) in [7, 11) is -6.40. The van der Waals surface area contributed by atoms with E-state index in [1.54, 1.807) is 6.08 Å². The number of nitrogens with two attached hydrogens (primary N) is 1. The van der Waals surface area contributed by atoms with Crippen LogP contribution in [0.4, 0.5) is 0 Å². The Bertz CT molecular complexity index is 202. The highest BCUT2D eigenvalue weighted by molar-refractivity contribution is 7.46. The van der Waals surface area contributed by atoms with E-state index in [1.807, 2.05) is 13.8 Å². The first-order valence-corrected chi connectivity index (χ1v) is 7.45. The molecule has 0 spiro atoms. The summed E-state index contributed by atoms with van der Waals surface area (Å²) in [6.07, 6.45) is 3.44. The van der Waals surface area contributed by atoms with Crippen LogP contribution in [0.15, 0.2) is 12.7 Å². The van der Waals surface area contributed by atoms with Gasteiger partial charge in [-0.25, -0.2) is 4.31 Å². The van der Waals surface area contributed by atoms with Gasteiger partial charge in [-0.1, -0.05) is 13.0 Å². The summed E-state index contributed by atoms with van der Waals surface area (Å²) in [5, 5.41) is 8.29. The number of hydrogen-bond donors (Lipinski definition) is 4. The Morgan fingerprint density at radius 3 is 1.82 bits per heavy atom. The molecule has 0 saturated carbocycles. The van der Waals surface area contributed by atoms with Crippen LogP contribution in [0.1, 0.15) is 26.7 Å². The Kier molecular flexibility index (Phi) is 24.0. The van der Waals surface area contributed by atoms with Crippen molar-refractivity contribution in [3.8, 4) is 0 Å². The third-order valence-corrected chi connectivity index (χ3v) is 2.60. The van der Waals surface area contributed by atoms with Gasteiger partial charge in [0.2, 0.25) is 0 Å². The quantitative estimate of drug-likeness (QED) is 0.440. The molecule has 0 heterocycles. The highest BCUT2D eigenvalue weighted by Gasteiger charge is 1.93. The molecule has 0 radical (unpaired) electrons. The lowest BCUT2D eigenvalue weighted by Crippen LogP contribution is -2.19. The molecule has 7 nitrogen and oxygen atoms in total. The zero-order chi connectivity index (χ0) is 14.3. The van der Waals surface area contributed by atoms with Gasteiger partial charge in [0.05, 0.1) is 0 Å². The summed E-state index contributed by atoms with van der Waals surface area (Å²) >= 11 is 0. The average molecular weight is 291 g/mol. The molecule has 3 unspecified atom stereocenters. The maximum absolute atomic E-state index is 9.44. The number of aliphatic hydroxyl groups is 1. The van der Waals surface area contributed by atoms with E-state index in [2.05, 4.69) is 10.9 Å². The lowest BCUT2D eigenvalue weighted by molar-refractivity contribution is 0.274. The molecule has 9 heteroatoms. The van der Waals surface area contributed by atoms with Crippen LogP contribution in [0, 0.1) is 0 Å². The number of rotatable bonds is 5. The van der Waals surface area contributed by atoms with Gasteiger partial charge in [0.25, 0.3) is 0 Å². The molecule has 3 atom stereocenters. The molecule has 0 aromatic heterocycles. The minimum Gasteiger partial charge on any atom is -0.396 e. The van der Waals surface area contributed by atoms with Crippen LogP contribution in [0.25, 0.3) is 0 Å². The van der Waals surface area contributed by atoms with E-state index in [-0.39, 0.29) is 12.6 Å². The van der Waals surface area contributed by atoms with Crippen LogP contribution in [-0.2, 0) is 13.4 Å².